The fraction of sp³-hybridized carbons (Fsp3) is 0.375. The predicted molar refractivity (Wildman–Crippen MR) is 51.2 cm³/mol. The van der Waals surface area contributed by atoms with Gasteiger partial charge in [-0.3, -0.25) is 9.59 Å². The zero-order chi connectivity index (χ0) is 10.1. The van der Waals surface area contributed by atoms with Crippen LogP contribution in [0.2, 0.25) is 0 Å². The normalized spacial score (nSPS) is 14.0. The van der Waals surface area contributed by atoms with Gasteiger partial charge in [0.25, 0.3) is 5.56 Å². The van der Waals surface area contributed by atoms with E-state index >= 15 is 0 Å². The van der Waals surface area contributed by atoms with Crippen LogP contribution in [-0.2, 0) is 22.7 Å². The highest BCUT2D eigenvalue weighted by atomic mass is 32.2. The number of nitrogens with one attached hydrogen (secondary N) is 1. The number of thioether (sulfide) groups is 1. The minimum absolute atomic E-state index is 0.198. The van der Waals surface area contributed by atoms with Crippen molar-refractivity contribution in [3.63, 3.8) is 0 Å². The van der Waals surface area contributed by atoms with Crippen molar-refractivity contribution in [1.29, 1.82) is 0 Å². The van der Waals surface area contributed by atoms with Crippen LogP contribution in [0.5, 0.6) is 0 Å². The summed E-state index contributed by atoms with van der Waals surface area (Å²) in [5, 5.41) is 8.54. The summed E-state index contributed by atoms with van der Waals surface area (Å²) in [4.78, 5) is 28.4. The van der Waals surface area contributed by atoms with E-state index in [1.165, 1.54) is 0 Å². The molecule has 1 aromatic rings. The third-order valence-corrected chi connectivity index (χ3v) is 2.92. The molecule has 0 fully saturated rings. The summed E-state index contributed by atoms with van der Waals surface area (Å²) in [6, 6.07) is 0. The first kappa shape index (κ1) is 9.26. The van der Waals surface area contributed by atoms with Crippen LogP contribution in [-0.4, -0.2) is 21.0 Å². The number of aromatic nitrogens is 2. The molecule has 0 atom stereocenters. The smallest absolute Gasteiger partial charge is 0.311 e. The first-order chi connectivity index (χ1) is 6.66. The Morgan fingerprint density at radius 3 is 3.07 bits per heavy atom. The maximum Gasteiger partial charge on any atom is 0.311 e. The third kappa shape index (κ3) is 1.65. The lowest BCUT2D eigenvalue weighted by Gasteiger charge is -1.99. The molecule has 6 heteroatoms. The highest BCUT2D eigenvalue weighted by Crippen LogP contribution is 2.24. The standard InChI is InChI=1S/C8H8N2O3S/c11-7(12)1-6-9-5-3-14-2-4(5)8(13)10-6/h1-3H2,(H,11,12)(H,9,10,13). The zero-order valence-corrected chi connectivity index (χ0v) is 8.06. The van der Waals surface area contributed by atoms with Gasteiger partial charge in [0.05, 0.1) is 5.69 Å². The van der Waals surface area contributed by atoms with Crippen LogP contribution in [0.25, 0.3) is 0 Å². The Bertz CT molecular complexity index is 441. The molecule has 0 radical (unpaired) electrons. The first-order valence-electron chi connectivity index (χ1n) is 4.07. The molecule has 5 nitrogen and oxygen atoms in total. The quantitative estimate of drug-likeness (QED) is 0.728. The Hall–Kier alpha value is -1.30. The molecule has 0 saturated heterocycles. The van der Waals surface area contributed by atoms with Crippen LogP contribution in [0.1, 0.15) is 17.1 Å². The summed E-state index contributed by atoms with van der Waals surface area (Å²) in [6.45, 7) is 0. The maximum atomic E-state index is 11.4. The van der Waals surface area contributed by atoms with Crippen LogP contribution >= 0.6 is 11.8 Å². The van der Waals surface area contributed by atoms with Crippen molar-refractivity contribution in [2.24, 2.45) is 0 Å². The molecule has 0 unspecified atom stereocenters. The van der Waals surface area contributed by atoms with Crippen molar-refractivity contribution in [1.82, 2.24) is 9.97 Å². The number of carbonyl (C=O) groups is 1. The van der Waals surface area contributed by atoms with Crippen molar-refractivity contribution in [3.05, 3.63) is 27.4 Å². The number of hydrogen-bond acceptors (Lipinski definition) is 4. The van der Waals surface area contributed by atoms with E-state index in [1.54, 1.807) is 11.8 Å². The topological polar surface area (TPSA) is 83.0 Å². The first-order valence-corrected chi connectivity index (χ1v) is 5.23. The summed E-state index contributed by atoms with van der Waals surface area (Å²) in [5.41, 5.74) is 1.22. The molecule has 2 heterocycles. The Kier molecular flexibility index (Phi) is 2.28. The molecule has 14 heavy (non-hydrogen) atoms. The predicted octanol–water partition coefficient (Wildman–Crippen LogP) is 0.144. The third-order valence-electron chi connectivity index (χ3n) is 1.95. The van der Waals surface area contributed by atoms with E-state index in [2.05, 4.69) is 9.97 Å². The molecule has 1 aliphatic rings. The van der Waals surface area contributed by atoms with Crippen molar-refractivity contribution in [2.45, 2.75) is 17.9 Å². The second-order valence-electron chi connectivity index (χ2n) is 3.00. The van der Waals surface area contributed by atoms with E-state index in [4.69, 9.17) is 5.11 Å². The molecule has 1 aliphatic heterocycles. The van der Waals surface area contributed by atoms with Gasteiger partial charge in [0, 0.05) is 17.1 Å². The SMILES string of the molecule is O=C(O)Cc1nc2c(c(=O)[nH]1)CSC2. The highest BCUT2D eigenvalue weighted by Gasteiger charge is 2.18. The molecule has 0 amide bonds. The van der Waals surface area contributed by atoms with Gasteiger partial charge >= 0.3 is 5.97 Å². The van der Waals surface area contributed by atoms with Crippen LogP contribution < -0.4 is 5.56 Å². The van der Waals surface area contributed by atoms with Gasteiger partial charge in [-0.1, -0.05) is 0 Å². The highest BCUT2D eigenvalue weighted by molar-refractivity contribution is 7.98. The van der Waals surface area contributed by atoms with Gasteiger partial charge in [0.15, 0.2) is 0 Å². The number of H-pyrrole nitrogens is 1. The number of carboxylic acid groups (broad SMARTS) is 1. The van der Waals surface area contributed by atoms with E-state index in [9.17, 15) is 9.59 Å². The molecule has 0 aliphatic carbocycles. The average Bonchev–Trinajstić information content (AvgIpc) is 2.50. The molecule has 1 aromatic heterocycles. The molecule has 2 N–H and O–H groups in total. The fourth-order valence-corrected chi connectivity index (χ4v) is 2.38. The number of hydrogen-bond donors (Lipinski definition) is 2. The minimum atomic E-state index is -0.987. The molecule has 0 saturated carbocycles. The van der Waals surface area contributed by atoms with Gasteiger partial charge in [0.1, 0.15) is 12.2 Å². The number of rotatable bonds is 2. The van der Waals surface area contributed by atoms with Crippen molar-refractivity contribution in [2.75, 3.05) is 0 Å². The van der Waals surface area contributed by atoms with Gasteiger partial charge in [-0.05, 0) is 0 Å². The summed E-state index contributed by atoms with van der Waals surface area (Å²) in [6.07, 6.45) is -0.229. The number of aromatic amines is 1. The number of aliphatic carboxylic acids is 1. The molecule has 0 bridgehead atoms. The molecular weight excluding hydrogens is 204 g/mol. The van der Waals surface area contributed by atoms with E-state index in [0.29, 0.717) is 17.1 Å². The Morgan fingerprint density at radius 1 is 1.57 bits per heavy atom. The van der Waals surface area contributed by atoms with Crippen molar-refractivity contribution < 1.29 is 9.90 Å². The summed E-state index contributed by atoms with van der Waals surface area (Å²) < 4.78 is 0. The van der Waals surface area contributed by atoms with Gasteiger partial charge < -0.3 is 10.1 Å². The molecule has 74 valence electrons. The van der Waals surface area contributed by atoms with Gasteiger partial charge in [-0.25, -0.2) is 4.98 Å². The lowest BCUT2D eigenvalue weighted by atomic mass is 10.2. The van der Waals surface area contributed by atoms with Gasteiger partial charge in [0.2, 0.25) is 0 Å². The monoisotopic (exact) mass is 212 g/mol. The van der Waals surface area contributed by atoms with E-state index in [0.717, 1.165) is 5.69 Å². The molecule has 0 spiro atoms. The number of carboxylic acids is 1. The number of nitrogens with zero attached hydrogens (tertiary/aromatic N) is 1. The van der Waals surface area contributed by atoms with E-state index in [-0.39, 0.29) is 17.8 Å². The van der Waals surface area contributed by atoms with Crippen molar-refractivity contribution >= 4 is 17.7 Å². The van der Waals surface area contributed by atoms with E-state index in [1.807, 2.05) is 0 Å². The summed E-state index contributed by atoms with van der Waals surface area (Å²) >= 11 is 1.61. The molecule has 2 rings (SSSR count). The van der Waals surface area contributed by atoms with Crippen LogP contribution in [0, 0.1) is 0 Å². The Labute approximate surface area is 83.6 Å². The fourth-order valence-electron chi connectivity index (χ4n) is 1.34. The number of fused-ring (bicyclic) bond motifs is 1. The zero-order valence-electron chi connectivity index (χ0n) is 7.24. The summed E-state index contributed by atoms with van der Waals surface area (Å²) in [5.74, 6) is 0.624. The van der Waals surface area contributed by atoms with Crippen LogP contribution in [0.3, 0.4) is 0 Å². The maximum absolute atomic E-state index is 11.4. The Balaban J connectivity index is 2.42. The lowest BCUT2D eigenvalue weighted by molar-refractivity contribution is -0.136. The second kappa shape index (κ2) is 3.45. The lowest BCUT2D eigenvalue weighted by Crippen LogP contribution is -2.18. The Morgan fingerprint density at radius 2 is 2.36 bits per heavy atom. The molecule has 0 aromatic carbocycles. The van der Waals surface area contributed by atoms with Gasteiger partial charge in [-0.15, -0.1) is 0 Å². The summed E-state index contributed by atoms with van der Waals surface area (Å²) in [7, 11) is 0. The van der Waals surface area contributed by atoms with Crippen LogP contribution in [0.4, 0.5) is 0 Å². The largest absolute Gasteiger partial charge is 0.481 e. The average molecular weight is 212 g/mol. The van der Waals surface area contributed by atoms with E-state index < -0.39 is 5.97 Å². The second-order valence-corrected chi connectivity index (χ2v) is 3.99. The van der Waals surface area contributed by atoms with Gasteiger partial charge in [-0.2, -0.15) is 11.8 Å². The minimum Gasteiger partial charge on any atom is -0.481 e. The van der Waals surface area contributed by atoms with Crippen molar-refractivity contribution in [3.8, 4) is 0 Å². The molecular formula is C8H8N2O3S. The van der Waals surface area contributed by atoms with Crippen LogP contribution in [0.15, 0.2) is 4.79 Å².